The molecule has 0 radical (unpaired) electrons. The van der Waals surface area contributed by atoms with Gasteiger partial charge < -0.3 is 19.4 Å². The van der Waals surface area contributed by atoms with E-state index in [0.717, 1.165) is 11.6 Å². The van der Waals surface area contributed by atoms with E-state index in [2.05, 4.69) is 10.3 Å². The molecule has 0 aliphatic carbocycles. The lowest BCUT2D eigenvalue weighted by molar-refractivity contribution is -0.361. The van der Waals surface area contributed by atoms with Crippen molar-refractivity contribution in [2.75, 3.05) is 12.4 Å². The maximum absolute atomic E-state index is 12.0. The zero-order valence-corrected chi connectivity index (χ0v) is 14.1. The van der Waals surface area contributed by atoms with Crippen LogP contribution in [-0.4, -0.2) is 17.3 Å². The summed E-state index contributed by atoms with van der Waals surface area (Å²) in [5, 5.41) is 22.8. The number of ether oxygens (including phenoxy) is 1. The van der Waals surface area contributed by atoms with Crippen molar-refractivity contribution in [2.45, 2.75) is 12.6 Å². The highest BCUT2D eigenvalue weighted by Crippen LogP contribution is 2.31. The minimum Gasteiger partial charge on any atom is -0.502 e. The second kappa shape index (κ2) is 7.71. The Morgan fingerprint density at radius 2 is 2.00 bits per heavy atom. The normalized spacial score (nSPS) is 11.8. The van der Waals surface area contributed by atoms with Crippen molar-refractivity contribution in [3.8, 4) is 11.5 Å². The third-order valence-corrected chi connectivity index (χ3v) is 3.88. The van der Waals surface area contributed by atoms with E-state index in [9.17, 15) is 15.0 Å². The van der Waals surface area contributed by atoms with Gasteiger partial charge >= 0.3 is 0 Å². The van der Waals surface area contributed by atoms with Crippen molar-refractivity contribution in [1.82, 2.24) is 0 Å². The Bertz CT molecular complexity index is 923. The van der Waals surface area contributed by atoms with E-state index < -0.39 is 23.8 Å². The molecule has 1 aromatic carbocycles. The summed E-state index contributed by atoms with van der Waals surface area (Å²) in [5.41, 5.74) is 0.115. The third kappa shape index (κ3) is 3.68. The van der Waals surface area contributed by atoms with E-state index in [1.54, 1.807) is 37.6 Å². The van der Waals surface area contributed by atoms with Crippen LogP contribution in [0, 0.1) is 0 Å². The zero-order valence-electron chi connectivity index (χ0n) is 14.1. The van der Waals surface area contributed by atoms with Crippen LogP contribution in [0.1, 0.15) is 23.1 Å². The highest BCUT2D eigenvalue weighted by Gasteiger charge is 2.27. The van der Waals surface area contributed by atoms with Gasteiger partial charge in [-0.15, -0.1) is 0 Å². The van der Waals surface area contributed by atoms with Gasteiger partial charge in [0, 0.05) is 17.7 Å². The number of benzene rings is 1. The van der Waals surface area contributed by atoms with E-state index in [1.165, 1.54) is 0 Å². The van der Waals surface area contributed by atoms with Crippen LogP contribution in [0.25, 0.3) is 0 Å². The number of aromatic amines is 1. The number of pyridine rings is 1. The van der Waals surface area contributed by atoms with E-state index >= 15 is 0 Å². The van der Waals surface area contributed by atoms with Gasteiger partial charge in [-0.2, -0.15) is 0 Å². The van der Waals surface area contributed by atoms with Crippen molar-refractivity contribution in [3.63, 3.8) is 0 Å². The van der Waals surface area contributed by atoms with Crippen LogP contribution in [0.5, 0.6) is 11.5 Å². The maximum atomic E-state index is 12.0. The summed E-state index contributed by atoms with van der Waals surface area (Å²) in [6.07, 6.45) is 1.74. The van der Waals surface area contributed by atoms with Crippen LogP contribution in [0.4, 0.5) is 5.82 Å². The molecule has 4 N–H and O–H groups in total. The first-order valence-corrected chi connectivity index (χ1v) is 7.96. The molecule has 0 aliphatic heterocycles. The Kier molecular flexibility index (Phi) is 5.19. The van der Waals surface area contributed by atoms with Gasteiger partial charge in [0.05, 0.1) is 13.3 Å². The number of aliphatic hydroxyl groups excluding tert-OH is 1. The minimum atomic E-state index is -0.668. The smallest absolute Gasteiger partial charge is 0.273 e. The average Bonchev–Trinajstić information content (AvgIpc) is 2.69. The molecule has 7 nitrogen and oxygen atoms in total. The molecule has 0 saturated carbocycles. The van der Waals surface area contributed by atoms with Crippen LogP contribution in [0.15, 0.2) is 63.9 Å². The van der Waals surface area contributed by atoms with Crippen molar-refractivity contribution in [3.05, 3.63) is 82.0 Å². The molecular weight excluding hydrogens is 336 g/mol. The standard InChI is InChI=1S/C19H18N2O5/c1-25-13-7-5-12(6-8-13)17(21-16-4-2-3-9-20-16)19-18(24)15(23)10-14(11-22)26-19/h2-10,17,22,24H,11H2,1H3,(H,20,21)/p+1/t17-/m0/s1. The molecule has 26 heavy (non-hydrogen) atoms. The van der Waals surface area contributed by atoms with Crippen molar-refractivity contribution in [1.29, 1.82) is 0 Å². The topological polar surface area (TPSA) is 106 Å². The Balaban J connectivity index is 2.11. The van der Waals surface area contributed by atoms with Gasteiger partial charge in [-0.25, -0.2) is 4.98 Å². The highest BCUT2D eigenvalue weighted by molar-refractivity contribution is 5.44. The first-order valence-electron chi connectivity index (χ1n) is 7.96. The zero-order chi connectivity index (χ0) is 18.5. The Morgan fingerprint density at radius 1 is 1.23 bits per heavy atom. The molecule has 2 heterocycles. The Hall–Kier alpha value is -3.32. The quantitative estimate of drug-likeness (QED) is 0.623. The molecule has 7 heteroatoms. The van der Waals surface area contributed by atoms with Crippen LogP contribution >= 0.6 is 0 Å². The van der Waals surface area contributed by atoms with Gasteiger partial charge in [-0.3, -0.25) is 10.1 Å². The van der Waals surface area contributed by atoms with Gasteiger partial charge in [-0.1, -0.05) is 18.2 Å². The van der Waals surface area contributed by atoms with Crippen molar-refractivity contribution in [2.24, 2.45) is 0 Å². The van der Waals surface area contributed by atoms with Gasteiger partial charge in [0.2, 0.25) is 11.2 Å². The molecule has 1 atom stereocenters. The summed E-state index contributed by atoms with van der Waals surface area (Å²) in [4.78, 5) is 15.1. The number of rotatable bonds is 6. The summed E-state index contributed by atoms with van der Waals surface area (Å²) in [5.74, 6) is 0.911. The number of methoxy groups -OCH3 is 1. The number of H-pyrrole nitrogens is 1. The lowest BCUT2D eigenvalue weighted by Crippen LogP contribution is -2.20. The van der Waals surface area contributed by atoms with Gasteiger partial charge in [0.25, 0.3) is 5.82 Å². The highest BCUT2D eigenvalue weighted by atomic mass is 16.5. The summed E-state index contributed by atoms with van der Waals surface area (Å²) in [6.45, 7) is -0.449. The van der Waals surface area contributed by atoms with Crippen molar-refractivity contribution >= 4 is 5.82 Å². The number of hydrogen-bond donors (Lipinski definition) is 3. The third-order valence-electron chi connectivity index (χ3n) is 3.88. The number of hydrogen-bond acceptors (Lipinski definition) is 6. The SMILES string of the molecule is COc1ccc([C@H](Nc2cccc[nH+]2)c2oc(CO)cc(=O)c2O)cc1. The molecular formula is C19H19N2O5+. The number of aromatic nitrogens is 1. The summed E-state index contributed by atoms with van der Waals surface area (Å²) < 4.78 is 10.7. The molecule has 3 rings (SSSR count). The number of nitrogens with one attached hydrogen (secondary N) is 2. The largest absolute Gasteiger partial charge is 0.502 e. The van der Waals surface area contributed by atoms with Crippen LogP contribution in [-0.2, 0) is 6.61 Å². The first kappa shape index (κ1) is 17.5. The fraction of sp³-hybridized carbons (Fsp3) is 0.158. The number of aliphatic hydroxyl groups is 1. The van der Waals surface area contributed by atoms with Gasteiger partial charge in [0.1, 0.15) is 18.1 Å². The predicted molar refractivity (Wildman–Crippen MR) is 94.0 cm³/mol. The average molecular weight is 355 g/mol. The molecule has 0 spiro atoms. The van der Waals surface area contributed by atoms with Gasteiger partial charge in [0.15, 0.2) is 11.8 Å². The minimum absolute atomic E-state index is 0.0176. The van der Waals surface area contributed by atoms with E-state index in [4.69, 9.17) is 9.15 Å². The summed E-state index contributed by atoms with van der Waals surface area (Å²) in [6, 6.07) is 13.0. The first-order chi connectivity index (χ1) is 12.6. The summed E-state index contributed by atoms with van der Waals surface area (Å²) >= 11 is 0. The molecule has 2 aromatic heterocycles. The van der Waals surface area contributed by atoms with Crippen molar-refractivity contribution < 1.29 is 24.4 Å². The Morgan fingerprint density at radius 3 is 2.62 bits per heavy atom. The van der Waals surface area contributed by atoms with Crippen LogP contribution in [0.2, 0.25) is 0 Å². The lowest BCUT2D eigenvalue weighted by atomic mass is 10.0. The second-order valence-electron chi connectivity index (χ2n) is 5.57. The number of anilines is 1. The van der Waals surface area contributed by atoms with E-state index in [1.807, 2.05) is 18.2 Å². The van der Waals surface area contributed by atoms with Crippen LogP contribution in [0.3, 0.4) is 0 Å². The Labute approximate surface area is 149 Å². The molecule has 0 fully saturated rings. The van der Waals surface area contributed by atoms with Crippen LogP contribution < -0.4 is 20.5 Å². The molecule has 0 saturated heterocycles. The molecule has 3 aromatic rings. The number of aromatic hydroxyl groups is 1. The monoisotopic (exact) mass is 355 g/mol. The maximum Gasteiger partial charge on any atom is 0.273 e. The molecule has 0 unspecified atom stereocenters. The van der Waals surface area contributed by atoms with Gasteiger partial charge in [-0.05, 0) is 18.2 Å². The molecule has 0 amide bonds. The van der Waals surface area contributed by atoms with E-state index in [0.29, 0.717) is 11.6 Å². The molecule has 0 bridgehead atoms. The fourth-order valence-electron chi connectivity index (χ4n) is 2.56. The predicted octanol–water partition coefficient (Wildman–Crippen LogP) is 1.86. The lowest BCUT2D eigenvalue weighted by Gasteiger charge is -2.16. The summed E-state index contributed by atoms with van der Waals surface area (Å²) in [7, 11) is 1.57. The fourth-order valence-corrected chi connectivity index (χ4v) is 2.56. The van der Waals surface area contributed by atoms with E-state index in [-0.39, 0.29) is 11.5 Å². The molecule has 0 aliphatic rings. The second-order valence-corrected chi connectivity index (χ2v) is 5.57. The molecule has 134 valence electrons.